The van der Waals surface area contributed by atoms with Gasteiger partial charge in [0.05, 0.1) is 17.8 Å². The van der Waals surface area contributed by atoms with E-state index in [4.69, 9.17) is 15.6 Å². The number of hydrogen-bond acceptors (Lipinski definition) is 5. The summed E-state index contributed by atoms with van der Waals surface area (Å²) in [7, 11) is 0. The summed E-state index contributed by atoms with van der Waals surface area (Å²) in [6.07, 6.45) is -0.821. The molecule has 0 aliphatic carbocycles. The van der Waals surface area contributed by atoms with E-state index < -0.39 is 18.2 Å². The molecule has 0 bridgehead atoms. The summed E-state index contributed by atoms with van der Waals surface area (Å²) >= 11 is 0. The van der Waals surface area contributed by atoms with E-state index in [0.717, 1.165) is 48.1 Å². The molecule has 1 atom stereocenters. The molecule has 2 aromatic carbocycles. The van der Waals surface area contributed by atoms with E-state index in [0.29, 0.717) is 12.5 Å². The number of rotatable bonds is 5. The number of H-pyrrole nitrogens is 1. The van der Waals surface area contributed by atoms with E-state index in [2.05, 4.69) is 27.6 Å². The number of piperidine rings is 1. The molecule has 1 aliphatic rings. The molecule has 0 unspecified atom stereocenters. The maximum atomic E-state index is 12.7. The Hall–Kier alpha value is -3.60. The van der Waals surface area contributed by atoms with Crippen LogP contribution in [0, 0.1) is 0 Å². The number of nitrogens with zero attached hydrogens (tertiary/aromatic N) is 2. The van der Waals surface area contributed by atoms with Crippen LogP contribution in [0.4, 0.5) is 18.9 Å². The van der Waals surface area contributed by atoms with E-state index in [9.17, 15) is 18.0 Å². The molecular weight excluding hydrogens is 451 g/mol. The first-order valence-electron chi connectivity index (χ1n) is 10.7. The molecule has 0 spiro atoms. The minimum absolute atomic E-state index is 0.0529. The lowest BCUT2D eigenvalue weighted by molar-refractivity contribution is -0.192. The van der Waals surface area contributed by atoms with Crippen LogP contribution in [0.3, 0.4) is 0 Å². The van der Waals surface area contributed by atoms with Crippen LogP contribution < -0.4 is 11.1 Å². The minimum Gasteiger partial charge on any atom is -0.475 e. The van der Waals surface area contributed by atoms with Gasteiger partial charge in [-0.1, -0.05) is 30.3 Å². The number of fused-ring (bicyclic) bond motifs is 1. The van der Waals surface area contributed by atoms with Crippen molar-refractivity contribution >= 4 is 28.5 Å². The zero-order valence-corrected chi connectivity index (χ0v) is 18.3. The Morgan fingerprint density at radius 1 is 1.18 bits per heavy atom. The molecule has 4 rings (SSSR count). The first-order chi connectivity index (χ1) is 16.1. The van der Waals surface area contributed by atoms with Gasteiger partial charge in [-0.25, -0.2) is 4.79 Å². The number of anilines is 1. The van der Waals surface area contributed by atoms with Crippen LogP contribution in [-0.2, 0) is 16.0 Å². The molecule has 8 nitrogen and oxygen atoms in total. The Morgan fingerprint density at radius 3 is 2.44 bits per heavy atom. The Morgan fingerprint density at radius 2 is 1.82 bits per heavy atom. The number of hydrogen-bond donors (Lipinski definition) is 4. The summed E-state index contributed by atoms with van der Waals surface area (Å²) in [6, 6.07) is 16.0. The van der Waals surface area contributed by atoms with Crippen LogP contribution >= 0.6 is 0 Å². The molecule has 34 heavy (non-hydrogen) atoms. The van der Waals surface area contributed by atoms with Crippen molar-refractivity contribution in [2.75, 3.05) is 18.4 Å². The van der Waals surface area contributed by atoms with Gasteiger partial charge in [-0.15, -0.1) is 0 Å². The largest absolute Gasteiger partial charge is 0.490 e. The number of aromatic amines is 1. The molecular formula is C23H26F3N5O3. The lowest BCUT2D eigenvalue weighted by atomic mass is 10.0. The summed E-state index contributed by atoms with van der Waals surface area (Å²) in [5.74, 6) is -2.70. The second-order valence-electron chi connectivity index (χ2n) is 8.02. The number of alkyl halides is 3. The van der Waals surface area contributed by atoms with Crippen molar-refractivity contribution < 1.29 is 27.9 Å². The molecule has 0 saturated carbocycles. The maximum Gasteiger partial charge on any atom is 0.490 e. The van der Waals surface area contributed by atoms with Crippen LogP contribution in [0.25, 0.3) is 10.9 Å². The number of nitrogens with one attached hydrogen (secondary N) is 2. The normalized spacial score (nSPS) is 15.4. The van der Waals surface area contributed by atoms with Gasteiger partial charge in [0, 0.05) is 30.2 Å². The van der Waals surface area contributed by atoms with Gasteiger partial charge in [-0.05, 0) is 43.0 Å². The fourth-order valence-corrected chi connectivity index (χ4v) is 3.70. The number of carboxylic acid groups (broad SMARTS) is 1. The van der Waals surface area contributed by atoms with Gasteiger partial charge < -0.3 is 21.1 Å². The standard InChI is InChI=1S/C21H25N5O.C2HF3O2/c22-19(12-15-4-2-1-3-5-15)21(27)26-10-8-17(9-11-26)24-18-6-7-20-16(13-18)14-23-25-20;3-2(4,5)1(6)7/h1-7,13-14,17,19,24H,8-12,22H2,(H,23,25);(H,6,7)/t19-;/m0./s1. The van der Waals surface area contributed by atoms with Crippen molar-refractivity contribution in [3.63, 3.8) is 0 Å². The summed E-state index contributed by atoms with van der Waals surface area (Å²) < 4.78 is 31.7. The van der Waals surface area contributed by atoms with Crippen molar-refractivity contribution in [2.24, 2.45) is 5.73 Å². The van der Waals surface area contributed by atoms with Gasteiger partial charge in [-0.2, -0.15) is 18.3 Å². The minimum atomic E-state index is -5.08. The van der Waals surface area contributed by atoms with Gasteiger partial charge in [-0.3, -0.25) is 9.89 Å². The fraction of sp³-hybridized carbons (Fsp3) is 0.348. The summed E-state index contributed by atoms with van der Waals surface area (Å²) in [5, 5.41) is 18.8. The predicted octanol–water partition coefficient (Wildman–Crippen LogP) is 3.17. The molecule has 1 amide bonds. The molecule has 1 aromatic heterocycles. The first kappa shape index (κ1) is 25.0. The van der Waals surface area contributed by atoms with Crippen LogP contribution in [-0.4, -0.2) is 63.4 Å². The Kier molecular flexibility index (Phi) is 8.11. The lowest BCUT2D eigenvalue weighted by Gasteiger charge is -2.34. The molecule has 11 heteroatoms. The number of likely N-dealkylation sites (tertiary alicyclic amines) is 1. The average molecular weight is 477 g/mol. The topological polar surface area (TPSA) is 124 Å². The van der Waals surface area contributed by atoms with E-state index in [1.807, 2.05) is 47.5 Å². The van der Waals surface area contributed by atoms with Gasteiger partial charge >= 0.3 is 12.1 Å². The van der Waals surface area contributed by atoms with Crippen molar-refractivity contribution in [1.82, 2.24) is 15.1 Å². The summed E-state index contributed by atoms with van der Waals surface area (Å²) in [4.78, 5) is 23.5. The number of benzene rings is 2. The Bertz CT molecular complexity index is 1100. The lowest BCUT2D eigenvalue weighted by Crippen LogP contribution is -2.49. The van der Waals surface area contributed by atoms with Gasteiger partial charge in [0.15, 0.2) is 0 Å². The molecule has 0 radical (unpaired) electrons. The summed E-state index contributed by atoms with van der Waals surface area (Å²) in [6.45, 7) is 1.49. The van der Waals surface area contributed by atoms with Crippen molar-refractivity contribution in [2.45, 2.75) is 37.5 Å². The molecule has 1 aliphatic heterocycles. The summed E-state index contributed by atoms with van der Waals surface area (Å²) in [5.41, 5.74) is 9.39. The smallest absolute Gasteiger partial charge is 0.475 e. The second-order valence-corrected chi connectivity index (χ2v) is 8.02. The number of carbonyl (C=O) groups excluding carboxylic acids is 1. The van der Waals surface area contributed by atoms with Gasteiger partial charge in [0.2, 0.25) is 5.91 Å². The zero-order valence-electron chi connectivity index (χ0n) is 18.3. The third-order valence-electron chi connectivity index (χ3n) is 5.48. The molecule has 1 fully saturated rings. The average Bonchev–Trinajstić information content (AvgIpc) is 3.27. The van der Waals surface area contributed by atoms with E-state index in [1.165, 1.54) is 0 Å². The van der Waals surface area contributed by atoms with Gasteiger partial charge in [0.1, 0.15) is 0 Å². The van der Waals surface area contributed by atoms with Crippen LogP contribution in [0.5, 0.6) is 0 Å². The van der Waals surface area contributed by atoms with Crippen molar-refractivity contribution in [3.8, 4) is 0 Å². The quantitative estimate of drug-likeness (QED) is 0.448. The van der Waals surface area contributed by atoms with Crippen molar-refractivity contribution in [3.05, 3.63) is 60.3 Å². The van der Waals surface area contributed by atoms with E-state index in [-0.39, 0.29) is 5.91 Å². The van der Waals surface area contributed by atoms with Crippen molar-refractivity contribution in [1.29, 1.82) is 0 Å². The van der Waals surface area contributed by atoms with Crippen LogP contribution in [0.2, 0.25) is 0 Å². The number of amides is 1. The fourth-order valence-electron chi connectivity index (χ4n) is 3.70. The molecule has 2 heterocycles. The Labute approximate surface area is 193 Å². The highest BCUT2D eigenvalue weighted by Gasteiger charge is 2.38. The Balaban J connectivity index is 0.000000406. The first-order valence-corrected chi connectivity index (χ1v) is 10.7. The zero-order chi connectivity index (χ0) is 24.7. The molecule has 3 aromatic rings. The third kappa shape index (κ3) is 6.95. The molecule has 1 saturated heterocycles. The molecule has 5 N–H and O–H groups in total. The molecule has 182 valence electrons. The second kappa shape index (κ2) is 11.0. The number of nitrogens with two attached hydrogens (primary N) is 1. The highest BCUT2D eigenvalue weighted by molar-refractivity contribution is 5.82. The maximum absolute atomic E-state index is 12.7. The number of carbonyl (C=O) groups is 2. The number of halogens is 3. The van der Waals surface area contributed by atoms with Crippen LogP contribution in [0.1, 0.15) is 18.4 Å². The highest BCUT2D eigenvalue weighted by atomic mass is 19.4. The third-order valence-corrected chi connectivity index (χ3v) is 5.48. The van der Waals surface area contributed by atoms with Gasteiger partial charge in [0.25, 0.3) is 0 Å². The highest BCUT2D eigenvalue weighted by Crippen LogP contribution is 2.21. The number of aliphatic carboxylic acids is 1. The number of aromatic nitrogens is 2. The van der Waals surface area contributed by atoms with E-state index >= 15 is 0 Å². The van der Waals surface area contributed by atoms with Crippen LogP contribution in [0.15, 0.2) is 54.7 Å². The monoisotopic (exact) mass is 477 g/mol. The number of carboxylic acids is 1. The predicted molar refractivity (Wildman–Crippen MR) is 121 cm³/mol. The van der Waals surface area contributed by atoms with E-state index in [1.54, 1.807) is 0 Å². The SMILES string of the molecule is N[C@@H](Cc1ccccc1)C(=O)N1CCC(Nc2ccc3[nH]ncc3c2)CC1.O=C(O)C(F)(F)F.